The van der Waals surface area contributed by atoms with Crippen LogP contribution in [0.4, 0.5) is 0 Å². The summed E-state index contributed by atoms with van der Waals surface area (Å²) < 4.78 is 11.2. The van der Waals surface area contributed by atoms with Crippen molar-refractivity contribution >= 4 is 5.91 Å². The van der Waals surface area contributed by atoms with Crippen molar-refractivity contribution in [3.63, 3.8) is 0 Å². The number of carbonyl (C=O) groups excluding carboxylic acids is 1. The first kappa shape index (κ1) is 14.8. The van der Waals surface area contributed by atoms with Crippen molar-refractivity contribution in [1.82, 2.24) is 10.3 Å². The number of pyridine rings is 1. The summed E-state index contributed by atoms with van der Waals surface area (Å²) in [6, 6.07) is 8.63. The van der Waals surface area contributed by atoms with Gasteiger partial charge in [0.15, 0.2) is 11.5 Å². The first-order valence-corrected chi connectivity index (χ1v) is 8.10. The van der Waals surface area contributed by atoms with E-state index in [4.69, 9.17) is 9.47 Å². The lowest BCUT2D eigenvalue weighted by molar-refractivity contribution is 0.0931. The molecule has 0 bridgehead atoms. The lowest BCUT2D eigenvalue weighted by atomic mass is 10.0. The lowest BCUT2D eigenvalue weighted by Gasteiger charge is -2.23. The molecular formula is C18H18N2O4. The Kier molecular flexibility index (Phi) is 3.72. The average Bonchev–Trinajstić information content (AvgIpc) is 3.44. The molecule has 1 aliphatic carbocycles. The van der Waals surface area contributed by atoms with Crippen LogP contribution in [0.25, 0.3) is 0 Å². The predicted octanol–water partition coefficient (Wildman–Crippen LogP) is 2.03. The van der Waals surface area contributed by atoms with Crippen LogP contribution in [0.5, 0.6) is 11.5 Å². The molecular weight excluding hydrogens is 308 g/mol. The summed E-state index contributed by atoms with van der Waals surface area (Å²) in [6.07, 6.45) is 3.61. The molecule has 0 radical (unpaired) electrons. The van der Waals surface area contributed by atoms with E-state index in [1.807, 2.05) is 18.2 Å². The fourth-order valence-electron chi connectivity index (χ4n) is 2.93. The monoisotopic (exact) mass is 326 g/mol. The molecule has 1 aromatic carbocycles. The number of carbonyl (C=O) groups is 1. The van der Waals surface area contributed by atoms with E-state index in [1.54, 1.807) is 0 Å². The highest BCUT2D eigenvalue weighted by Crippen LogP contribution is 2.43. The highest BCUT2D eigenvalue weighted by atomic mass is 16.6. The van der Waals surface area contributed by atoms with Gasteiger partial charge in [-0.15, -0.1) is 0 Å². The number of nitrogens with one attached hydrogen (secondary N) is 2. The molecule has 1 fully saturated rings. The zero-order valence-electron chi connectivity index (χ0n) is 13.1. The number of rotatable bonds is 4. The number of hydrogen-bond acceptors (Lipinski definition) is 4. The first-order chi connectivity index (χ1) is 11.7. The van der Waals surface area contributed by atoms with E-state index in [2.05, 4.69) is 10.3 Å². The normalized spacial score (nSPS) is 17.2. The summed E-state index contributed by atoms with van der Waals surface area (Å²) in [5.41, 5.74) is 1.23. The molecule has 1 amide bonds. The van der Waals surface area contributed by atoms with Crippen molar-refractivity contribution in [2.45, 2.75) is 18.9 Å². The number of aromatic nitrogens is 1. The Balaban J connectivity index is 1.57. The molecule has 6 heteroatoms. The van der Waals surface area contributed by atoms with Crippen molar-refractivity contribution in [2.24, 2.45) is 5.92 Å². The van der Waals surface area contributed by atoms with Crippen LogP contribution in [0.2, 0.25) is 0 Å². The summed E-state index contributed by atoms with van der Waals surface area (Å²) in [6.45, 7) is 1.09. The maximum absolute atomic E-state index is 12.5. The van der Waals surface area contributed by atoms with E-state index in [0.717, 1.165) is 29.9 Å². The number of amides is 1. The van der Waals surface area contributed by atoms with E-state index in [-0.39, 0.29) is 17.5 Å². The molecule has 6 nitrogen and oxygen atoms in total. The summed E-state index contributed by atoms with van der Waals surface area (Å²) >= 11 is 0. The maximum Gasteiger partial charge on any atom is 0.253 e. The van der Waals surface area contributed by atoms with Crippen LogP contribution in [0, 0.1) is 5.92 Å². The van der Waals surface area contributed by atoms with Gasteiger partial charge in [-0.3, -0.25) is 9.59 Å². The molecule has 1 unspecified atom stereocenters. The van der Waals surface area contributed by atoms with Crippen molar-refractivity contribution in [3.8, 4) is 11.5 Å². The molecule has 1 aromatic heterocycles. The third-order valence-corrected chi connectivity index (χ3v) is 4.35. The molecule has 2 heterocycles. The third kappa shape index (κ3) is 2.99. The van der Waals surface area contributed by atoms with Crippen molar-refractivity contribution in [1.29, 1.82) is 0 Å². The molecule has 0 spiro atoms. The molecule has 2 N–H and O–H groups in total. The van der Waals surface area contributed by atoms with Gasteiger partial charge in [-0.25, -0.2) is 0 Å². The molecule has 4 rings (SSSR count). The van der Waals surface area contributed by atoms with E-state index in [9.17, 15) is 9.59 Å². The topological polar surface area (TPSA) is 80.4 Å². The number of H-pyrrole nitrogens is 1. The number of hydrogen-bond donors (Lipinski definition) is 2. The van der Waals surface area contributed by atoms with E-state index in [1.165, 1.54) is 18.3 Å². The summed E-state index contributed by atoms with van der Waals surface area (Å²) in [7, 11) is 0. The van der Waals surface area contributed by atoms with Crippen molar-refractivity contribution in [3.05, 3.63) is 58.0 Å². The van der Waals surface area contributed by atoms with Crippen LogP contribution >= 0.6 is 0 Å². The molecule has 1 aliphatic heterocycles. The van der Waals surface area contributed by atoms with Crippen molar-refractivity contribution in [2.75, 3.05) is 13.2 Å². The quantitative estimate of drug-likeness (QED) is 0.901. The van der Waals surface area contributed by atoms with Gasteiger partial charge in [-0.2, -0.15) is 0 Å². The number of aromatic amines is 1. The van der Waals surface area contributed by atoms with Crippen LogP contribution in [0.3, 0.4) is 0 Å². The van der Waals surface area contributed by atoms with Gasteiger partial charge in [-0.1, -0.05) is 6.07 Å². The molecule has 124 valence electrons. The minimum Gasteiger partial charge on any atom is -0.486 e. The second-order valence-corrected chi connectivity index (χ2v) is 6.13. The predicted molar refractivity (Wildman–Crippen MR) is 87.4 cm³/mol. The lowest BCUT2D eigenvalue weighted by Crippen LogP contribution is -2.30. The zero-order valence-corrected chi connectivity index (χ0v) is 13.1. The Labute approximate surface area is 138 Å². The first-order valence-electron chi connectivity index (χ1n) is 8.10. The van der Waals surface area contributed by atoms with Crippen LogP contribution in [-0.2, 0) is 0 Å². The van der Waals surface area contributed by atoms with Crippen LogP contribution in [0.1, 0.15) is 34.8 Å². The van der Waals surface area contributed by atoms with Crippen molar-refractivity contribution < 1.29 is 14.3 Å². The fourth-order valence-corrected chi connectivity index (χ4v) is 2.93. The maximum atomic E-state index is 12.5. The molecule has 1 atom stereocenters. The van der Waals surface area contributed by atoms with Gasteiger partial charge in [0.1, 0.15) is 13.2 Å². The SMILES string of the molecule is O=C(NC(c1ccc2c(c1)OCCO2)C1CC1)c1ccc(=O)[nH]c1. The number of fused-ring (bicyclic) bond motifs is 1. The molecule has 24 heavy (non-hydrogen) atoms. The van der Waals surface area contributed by atoms with Crippen LogP contribution < -0.4 is 20.3 Å². The number of ether oxygens (including phenoxy) is 2. The molecule has 2 aromatic rings. The Morgan fingerprint density at radius 3 is 2.62 bits per heavy atom. The average molecular weight is 326 g/mol. The molecule has 1 saturated carbocycles. The Bertz CT molecular complexity index is 806. The van der Waals surface area contributed by atoms with Gasteiger partial charge in [-0.05, 0) is 42.5 Å². The van der Waals surface area contributed by atoms with Gasteiger partial charge < -0.3 is 19.8 Å². The highest BCUT2D eigenvalue weighted by Gasteiger charge is 2.34. The Hall–Kier alpha value is -2.76. The fraction of sp³-hybridized carbons (Fsp3) is 0.333. The largest absolute Gasteiger partial charge is 0.486 e. The van der Waals surface area contributed by atoms with Gasteiger partial charge >= 0.3 is 0 Å². The van der Waals surface area contributed by atoms with Gasteiger partial charge in [0.05, 0.1) is 11.6 Å². The number of benzene rings is 1. The van der Waals surface area contributed by atoms with E-state index in [0.29, 0.717) is 24.7 Å². The Morgan fingerprint density at radius 2 is 1.92 bits per heavy atom. The summed E-state index contributed by atoms with van der Waals surface area (Å²) in [5, 5.41) is 3.08. The summed E-state index contributed by atoms with van der Waals surface area (Å²) in [5.74, 6) is 1.70. The van der Waals surface area contributed by atoms with E-state index < -0.39 is 0 Å². The third-order valence-electron chi connectivity index (χ3n) is 4.35. The molecule has 0 saturated heterocycles. The van der Waals surface area contributed by atoms with Crippen LogP contribution in [0.15, 0.2) is 41.3 Å². The minimum atomic E-state index is -0.225. The standard InChI is InChI=1S/C18H18N2O4/c21-16-6-4-13(10-19-16)18(22)20-17(11-1-2-11)12-3-5-14-15(9-12)24-8-7-23-14/h3-6,9-11,17H,1-2,7-8H2,(H,19,21)(H,20,22). The minimum absolute atomic E-state index is 0.0692. The zero-order chi connectivity index (χ0) is 16.5. The van der Waals surface area contributed by atoms with E-state index >= 15 is 0 Å². The summed E-state index contributed by atoms with van der Waals surface area (Å²) in [4.78, 5) is 26.1. The van der Waals surface area contributed by atoms with Gasteiger partial charge in [0.2, 0.25) is 5.56 Å². The highest BCUT2D eigenvalue weighted by molar-refractivity contribution is 5.94. The van der Waals surface area contributed by atoms with Crippen LogP contribution in [-0.4, -0.2) is 24.1 Å². The second-order valence-electron chi connectivity index (χ2n) is 6.13. The Morgan fingerprint density at radius 1 is 1.12 bits per heavy atom. The smallest absolute Gasteiger partial charge is 0.253 e. The van der Waals surface area contributed by atoms with Gasteiger partial charge in [0.25, 0.3) is 5.91 Å². The van der Waals surface area contributed by atoms with Gasteiger partial charge in [0, 0.05) is 12.3 Å². The molecule has 2 aliphatic rings. The second kappa shape index (κ2) is 6.03.